The van der Waals surface area contributed by atoms with Crippen LogP contribution >= 0.6 is 11.8 Å². The van der Waals surface area contributed by atoms with Gasteiger partial charge in [-0.3, -0.25) is 4.79 Å². The minimum Gasteiger partial charge on any atom is -0.467 e. The molecular formula is C15H19N5O2S. The molecule has 2 aromatic heterocycles. The zero-order valence-electron chi connectivity index (χ0n) is 13.1. The molecule has 23 heavy (non-hydrogen) atoms. The van der Waals surface area contributed by atoms with Gasteiger partial charge in [-0.05, 0) is 25.5 Å². The average Bonchev–Trinajstić information content (AvgIpc) is 3.14. The molecule has 1 unspecified atom stereocenters. The molecule has 8 heteroatoms. The molecule has 1 aliphatic heterocycles. The van der Waals surface area contributed by atoms with E-state index in [0.29, 0.717) is 28.1 Å². The number of hydrogen-bond donors (Lipinski definition) is 2. The lowest BCUT2D eigenvalue weighted by molar-refractivity contribution is -0.115. The number of rotatable bonds is 6. The molecule has 0 aliphatic carbocycles. The lowest BCUT2D eigenvalue weighted by atomic mass is 10.0. The molecule has 0 saturated heterocycles. The largest absolute Gasteiger partial charge is 0.467 e. The summed E-state index contributed by atoms with van der Waals surface area (Å²) in [4.78, 5) is 16.4. The van der Waals surface area contributed by atoms with Gasteiger partial charge in [-0.25, -0.2) is 4.68 Å². The van der Waals surface area contributed by atoms with Crippen molar-refractivity contribution in [3.05, 3.63) is 35.4 Å². The van der Waals surface area contributed by atoms with E-state index in [0.717, 1.165) is 18.6 Å². The fourth-order valence-electron chi connectivity index (χ4n) is 2.53. The molecule has 122 valence electrons. The second kappa shape index (κ2) is 6.49. The zero-order valence-corrected chi connectivity index (χ0v) is 13.9. The van der Waals surface area contributed by atoms with E-state index in [1.165, 1.54) is 0 Å². The normalized spacial score (nSPS) is 17.0. The lowest BCUT2D eigenvalue weighted by Crippen LogP contribution is -2.31. The smallest absolute Gasteiger partial charge is 0.249 e. The molecule has 3 rings (SSSR count). The summed E-state index contributed by atoms with van der Waals surface area (Å²) in [6.45, 7) is 3.95. The summed E-state index contributed by atoms with van der Waals surface area (Å²) in [5.74, 6) is 1.65. The summed E-state index contributed by atoms with van der Waals surface area (Å²) in [5.41, 5.74) is 6.67. The Bertz CT molecular complexity index is 735. The van der Waals surface area contributed by atoms with Crippen molar-refractivity contribution in [3.8, 4) is 0 Å². The number of aromatic nitrogens is 3. The second-order valence-corrected chi connectivity index (χ2v) is 6.37. The molecule has 0 radical (unpaired) electrons. The van der Waals surface area contributed by atoms with E-state index < -0.39 is 11.9 Å². The van der Waals surface area contributed by atoms with E-state index in [-0.39, 0.29) is 0 Å². The number of nitrogens with zero attached hydrogens (tertiary/aromatic N) is 3. The van der Waals surface area contributed by atoms with Crippen LogP contribution in [0.2, 0.25) is 0 Å². The zero-order chi connectivity index (χ0) is 16.4. The maximum Gasteiger partial charge on any atom is 0.249 e. The van der Waals surface area contributed by atoms with Crippen molar-refractivity contribution in [2.75, 3.05) is 11.1 Å². The SMILES string of the molecule is CCCCSc1nc2n(n1)C(c1ccco1)C(C(N)=O)=C(C)N2. The minimum atomic E-state index is -0.502. The predicted molar refractivity (Wildman–Crippen MR) is 88.0 cm³/mol. The lowest BCUT2D eigenvalue weighted by Gasteiger charge is -2.25. The highest BCUT2D eigenvalue weighted by atomic mass is 32.2. The molecule has 1 aliphatic rings. The van der Waals surface area contributed by atoms with E-state index in [4.69, 9.17) is 10.2 Å². The van der Waals surface area contributed by atoms with Crippen molar-refractivity contribution >= 4 is 23.6 Å². The highest BCUT2D eigenvalue weighted by Gasteiger charge is 2.34. The van der Waals surface area contributed by atoms with Gasteiger partial charge >= 0.3 is 0 Å². The van der Waals surface area contributed by atoms with Crippen LogP contribution in [0.3, 0.4) is 0 Å². The van der Waals surface area contributed by atoms with Crippen LogP contribution in [0, 0.1) is 0 Å². The molecule has 3 heterocycles. The van der Waals surface area contributed by atoms with E-state index in [2.05, 4.69) is 22.3 Å². The number of anilines is 1. The Balaban J connectivity index is 1.99. The van der Waals surface area contributed by atoms with Crippen molar-refractivity contribution in [2.45, 2.75) is 37.9 Å². The Hall–Kier alpha value is -2.22. The third-order valence-electron chi connectivity index (χ3n) is 3.64. The Morgan fingerprint density at radius 2 is 2.39 bits per heavy atom. The highest BCUT2D eigenvalue weighted by Crippen LogP contribution is 2.35. The fourth-order valence-corrected chi connectivity index (χ4v) is 3.44. The summed E-state index contributed by atoms with van der Waals surface area (Å²) in [6, 6.07) is 3.09. The maximum atomic E-state index is 11.9. The summed E-state index contributed by atoms with van der Waals surface area (Å²) in [6.07, 6.45) is 3.80. The van der Waals surface area contributed by atoms with Gasteiger partial charge in [0.25, 0.3) is 0 Å². The number of carbonyl (C=O) groups is 1. The number of unbranched alkanes of at least 4 members (excludes halogenated alkanes) is 1. The number of nitrogens with one attached hydrogen (secondary N) is 1. The van der Waals surface area contributed by atoms with E-state index >= 15 is 0 Å². The van der Waals surface area contributed by atoms with Crippen LogP contribution in [-0.4, -0.2) is 26.4 Å². The number of amides is 1. The van der Waals surface area contributed by atoms with Crippen LogP contribution in [0.15, 0.2) is 39.2 Å². The highest BCUT2D eigenvalue weighted by molar-refractivity contribution is 7.99. The van der Waals surface area contributed by atoms with E-state index in [9.17, 15) is 4.79 Å². The predicted octanol–water partition coefficient (Wildman–Crippen LogP) is 2.54. The first-order valence-corrected chi connectivity index (χ1v) is 8.50. The number of hydrogen-bond acceptors (Lipinski definition) is 6. The Labute approximate surface area is 138 Å². The molecule has 0 bridgehead atoms. The molecule has 1 amide bonds. The Morgan fingerprint density at radius 1 is 1.57 bits per heavy atom. The topological polar surface area (TPSA) is 99.0 Å². The fraction of sp³-hybridized carbons (Fsp3) is 0.400. The summed E-state index contributed by atoms with van der Waals surface area (Å²) in [5, 5.41) is 8.32. The van der Waals surface area contributed by atoms with Crippen LogP contribution < -0.4 is 11.1 Å². The van der Waals surface area contributed by atoms with Gasteiger partial charge in [0.1, 0.15) is 11.8 Å². The number of primary amides is 1. The number of thioether (sulfide) groups is 1. The van der Waals surface area contributed by atoms with Gasteiger partial charge in [-0.2, -0.15) is 4.98 Å². The molecule has 0 saturated carbocycles. The van der Waals surface area contributed by atoms with Crippen molar-refractivity contribution in [1.29, 1.82) is 0 Å². The third kappa shape index (κ3) is 2.98. The molecule has 2 aromatic rings. The van der Waals surface area contributed by atoms with Crippen LogP contribution in [0.25, 0.3) is 0 Å². The van der Waals surface area contributed by atoms with Crippen LogP contribution in [0.5, 0.6) is 0 Å². The maximum absolute atomic E-state index is 11.9. The number of fused-ring (bicyclic) bond motifs is 1. The van der Waals surface area contributed by atoms with Gasteiger partial charge in [-0.15, -0.1) is 5.10 Å². The van der Waals surface area contributed by atoms with Gasteiger partial charge in [0.15, 0.2) is 0 Å². The molecule has 0 spiro atoms. The molecule has 0 fully saturated rings. The van der Waals surface area contributed by atoms with Gasteiger partial charge in [0, 0.05) is 11.4 Å². The second-order valence-electron chi connectivity index (χ2n) is 5.31. The van der Waals surface area contributed by atoms with Gasteiger partial charge in [0.2, 0.25) is 17.0 Å². The summed E-state index contributed by atoms with van der Waals surface area (Å²) in [7, 11) is 0. The van der Waals surface area contributed by atoms with Crippen LogP contribution in [0.1, 0.15) is 38.5 Å². The third-order valence-corrected chi connectivity index (χ3v) is 4.56. The molecule has 7 nitrogen and oxygen atoms in total. The monoisotopic (exact) mass is 333 g/mol. The summed E-state index contributed by atoms with van der Waals surface area (Å²) >= 11 is 1.60. The Kier molecular flexibility index (Phi) is 4.42. The van der Waals surface area contributed by atoms with E-state index in [1.807, 2.05) is 6.07 Å². The molecule has 1 atom stereocenters. The van der Waals surface area contributed by atoms with Gasteiger partial charge in [-0.1, -0.05) is 25.1 Å². The van der Waals surface area contributed by atoms with Crippen molar-refractivity contribution in [1.82, 2.24) is 14.8 Å². The standard InChI is InChI=1S/C15H19N5O2S/c1-3-4-8-23-15-18-14-17-9(2)11(13(16)21)12(20(14)19-15)10-6-5-7-22-10/h5-7,12H,3-4,8H2,1-2H3,(H2,16,21)(H,17,18,19). The molecule has 0 aromatic carbocycles. The summed E-state index contributed by atoms with van der Waals surface area (Å²) < 4.78 is 7.17. The number of allylic oxidation sites excluding steroid dienone is 1. The first kappa shape index (κ1) is 15.7. The first-order chi connectivity index (χ1) is 11.1. The van der Waals surface area contributed by atoms with Gasteiger partial charge in [0.05, 0.1) is 11.8 Å². The number of carbonyl (C=O) groups excluding carboxylic acids is 1. The number of furan rings is 1. The van der Waals surface area contributed by atoms with Crippen molar-refractivity contribution in [3.63, 3.8) is 0 Å². The Morgan fingerprint density at radius 3 is 3.04 bits per heavy atom. The van der Waals surface area contributed by atoms with E-state index in [1.54, 1.807) is 35.7 Å². The quantitative estimate of drug-likeness (QED) is 0.622. The minimum absolute atomic E-state index is 0.433. The van der Waals surface area contributed by atoms with Crippen molar-refractivity contribution in [2.24, 2.45) is 5.73 Å². The van der Waals surface area contributed by atoms with Crippen LogP contribution in [0.4, 0.5) is 5.95 Å². The van der Waals surface area contributed by atoms with Crippen LogP contribution in [-0.2, 0) is 4.79 Å². The number of nitrogens with two attached hydrogens (primary N) is 1. The molecule has 3 N–H and O–H groups in total. The first-order valence-electron chi connectivity index (χ1n) is 7.52. The average molecular weight is 333 g/mol. The van der Waals surface area contributed by atoms with Crippen molar-refractivity contribution < 1.29 is 9.21 Å². The van der Waals surface area contributed by atoms with Gasteiger partial charge < -0.3 is 15.5 Å². The molecular weight excluding hydrogens is 314 g/mol.